The van der Waals surface area contributed by atoms with Crippen LogP contribution in [0.2, 0.25) is 5.02 Å². The molecule has 0 aliphatic carbocycles. The lowest BCUT2D eigenvalue weighted by molar-refractivity contribution is 0.0327. The van der Waals surface area contributed by atoms with Crippen molar-refractivity contribution in [2.45, 2.75) is 19.1 Å². The van der Waals surface area contributed by atoms with E-state index in [4.69, 9.17) is 23.2 Å². The highest BCUT2D eigenvalue weighted by Crippen LogP contribution is 2.28. The third kappa shape index (κ3) is 2.39. The van der Waals surface area contributed by atoms with Gasteiger partial charge in [-0.3, -0.25) is 0 Å². The summed E-state index contributed by atoms with van der Waals surface area (Å²) in [4.78, 5) is 0. The lowest BCUT2D eigenvalue weighted by atomic mass is 10.0. The van der Waals surface area contributed by atoms with Crippen LogP contribution in [-0.4, -0.2) is 22.2 Å². The normalized spacial score (nSPS) is 15.2. The Bertz CT molecular complexity index is 315. The minimum atomic E-state index is -1.03. The fourth-order valence-corrected chi connectivity index (χ4v) is 1.60. The van der Waals surface area contributed by atoms with Crippen LogP contribution in [0, 0.1) is 6.92 Å². The molecule has 0 amide bonds. The number of alkyl halides is 1. The van der Waals surface area contributed by atoms with Crippen LogP contribution in [0.5, 0.6) is 0 Å². The molecule has 0 spiro atoms. The molecule has 0 saturated heterocycles. The number of aryl methyl sites for hydroxylation is 1. The van der Waals surface area contributed by atoms with Gasteiger partial charge in [0.05, 0.1) is 12.0 Å². The van der Waals surface area contributed by atoms with Crippen LogP contribution in [-0.2, 0) is 0 Å². The SMILES string of the molecule is Cc1cccc(C(O)C(O)CCl)c1Cl. The maximum atomic E-state index is 9.68. The number of halogens is 2. The van der Waals surface area contributed by atoms with Crippen molar-refractivity contribution < 1.29 is 10.2 Å². The predicted molar refractivity (Wildman–Crippen MR) is 57.9 cm³/mol. The zero-order valence-corrected chi connectivity index (χ0v) is 9.26. The van der Waals surface area contributed by atoms with Crippen molar-refractivity contribution in [1.82, 2.24) is 0 Å². The van der Waals surface area contributed by atoms with Crippen LogP contribution in [0.15, 0.2) is 18.2 Å². The van der Waals surface area contributed by atoms with Gasteiger partial charge in [0.2, 0.25) is 0 Å². The average Bonchev–Trinajstić information content (AvgIpc) is 2.20. The van der Waals surface area contributed by atoms with Gasteiger partial charge in [0.1, 0.15) is 6.10 Å². The summed E-state index contributed by atoms with van der Waals surface area (Å²) in [6.07, 6.45) is -2.02. The molecule has 1 rings (SSSR count). The van der Waals surface area contributed by atoms with E-state index in [1.165, 1.54) is 0 Å². The third-order valence-electron chi connectivity index (χ3n) is 2.06. The van der Waals surface area contributed by atoms with Crippen molar-refractivity contribution in [3.63, 3.8) is 0 Å². The number of rotatable bonds is 3. The molecule has 0 fully saturated rings. The van der Waals surface area contributed by atoms with Crippen LogP contribution in [0.25, 0.3) is 0 Å². The van der Waals surface area contributed by atoms with Gasteiger partial charge in [0, 0.05) is 10.6 Å². The molecular weight excluding hydrogens is 223 g/mol. The van der Waals surface area contributed by atoms with Gasteiger partial charge in [-0.1, -0.05) is 29.8 Å². The number of benzene rings is 1. The highest BCUT2D eigenvalue weighted by atomic mass is 35.5. The van der Waals surface area contributed by atoms with Crippen molar-refractivity contribution in [3.05, 3.63) is 34.3 Å². The molecule has 2 nitrogen and oxygen atoms in total. The Balaban J connectivity index is 3.01. The quantitative estimate of drug-likeness (QED) is 0.789. The zero-order chi connectivity index (χ0) is 10.7. The molecule has 0 aromatic heterocycles. The summed E-state index contributed by atoms with van der Waals surface area (Å²) < 4.78 is 0. The van der Waals surface area contributed by atoms with E-state index in [2.05, 4.69) is 0 Å². The Labute approximate surface area is 93.1 Å². The van der Waals surface area contributed by atoms with Gasteiger partial charge in [-0.15, -0.1) is 11.6 Å². The summed E-state index contributed by atoms with van der Waals surface area (Å²) in [5.74, 6) is -0.0224. The van der Waals surface area contributed by atoms with Gasteiger partial charge < -0.3 is 10.2 Å². The van der Waals surface area contributed by atoms with E-state index in [9.17, 15) is 10.2 Å². The second-order valence-corrected chi connectivity index (χ2v) is 3.83. The van der Waals surface area contributed by atoms with Gasteiger partial charge in [-0.05, 0) is 12.5 Å². The molecule has 0 saturated carbocycles. The van der Waals surface area contributed by atoms with Crippen molar-refractivity contribution >= 4 is 23.2 Å². The molecule has 0 aliphatic rings. The van der Waals surface area contributed by atoms with Crippen molar-refractivity contribution in [1.29, 1.82) is 0 Å². The first-order valence-electron chi connectivity index (χ1n) is 4.25. The van der Waals surface area contributed by atoms with E-state index in [0.29, 0.717) is 10.6 Å². The highest BCUT2D eigenvalue weighted by molar-refractivity contribution is 6.32. The molecule has 14 heavy (non-hydrogen) atoms. The van der Waals surface area contributed by atoms with Crippen LogP contribution < -0.4 is 0 Å². The Kier molecular flexibility index (Phi) is 4.20. The summed E-state index contributed by atoms with van der Waals surface area (Å²) >= 11 is 11.4. The molecule has 0 aliphatic heterocycles. The first kappa shape index (κ1) is 11.8. The third-order valence-corrected chi connectivity index (χ3v) is 2.90. The summed E-state index contributed by atoms with van der Waals surface area (Å²) in [5, 5.41) is 19.5. The van der Waals surface area contributed by atoms with E-state index < -0.39 is 12.2 Å². The Hall–Kier alpha value is -0.280. The number of aliphatic hydroxyl groups excluding tert-OH is 2. The van der Waals surface area contributed by atoms with Crippen LogP contribution in [0.1, 0.15) is 17.2 Å². The summed E-state index contributed by atoms with van der Waals surface area (Å²) in [6.45, 7) is 1.84. The Morgan fingerprint density at radius 3 is 2.57 bits per heavy atom. The highest BCUT2D eigenvalue weighted by Gasteiger charge is 2.20. The van der Waals surface area contributed by atoms with E-state index in [-0.39, 0.29) is 5.88 Å². The van der Waals surface area contributed by atoms with Crippen molar-refractivity contribution in [2.24, 2.45) is 0 Å². The van der Waals surface area contributed by atoms with E-state index in [1.807, 2.05) is 13.0 Å². The molecule has 2 N–H and O–H groups in total. The fourth-order valence-electron chi connectivity index (χ4n) is 1.19. The molecule has 0 bridgehead atoms. The molecule has 4 heteroatoms. The molecular formula is C10H12Cl2O2. The number of hydrogen-bond donors (Lipinski definition) is 2. The first-order valence-corrected chi connectivity index (χ1v) is 5.16. The minimum absolute atomic E-state index is 0.0224. The fraction of sp³-hybridized carbons (Fsp3) is 0.400. The molecule has 0 radical (unpaired) electrons. The molecule has 1 aromatic carbocycles. The number of hydrogen-bond acceptors (Lipinski definition) is 2. The minimum Gasteiger partial charge on any atom is -0.389 e. The average molecular weight is 235 g/mol. The van der Waals surface area contributed by atoms with Gasteiger partial charge in [-0.25, -0.2) is 0 Å². The summed E-state index contributed by atoms with van der Waals surface area (Å²) in [6, 6.07) is 5.29. The lowest BCUT2D eigenvalue weighted by Gasteiger charge is -2.17. The first-order chi connectivity index (χ1) is 6.57. The van der Waals surface area contributed by atoms with E-state index in [0.717, 1.165) is 5.56 Å². The summed E-state index contributed by atoms with van der Waals surface area (Å²) in [5.41, 5.74) is 1.38. The lowest BCUT2D eigenvalue weighted by Crippen LogP contribution is -2.20. The van der Waals surface area contributed by atoms with Gasteiger partial charge in [0.25, 0.3) is 0 Å². The molecule has 78 valence electrons. The van der Waals surface area contributed by atoms with E-state index >= 15 is 0 Å². The van der Waals surface area contributed by atoms with E-state index in [1.54, 1.807) is 12.1 Å². The number of aliphatic hydroxyl groups is 2. The van der Waals surface area contributed by atoms with Crippen LogP contribution in [0.3, 0.4) is 0 Å². The van der Waals surface area contributed by atoms with Crippen molar-refractivity contribution in [3.8, 4) is 0 Å². The van der Waals surface area contributed by atoms with Gasteiger partial charge in [-0.2, -0.15) is 0 Å². The molecule has 0 heterocycles. The molecule has 2 unspecified atom stereocenters. The maximum Gasteiger partial charge on any atom is 0.107 e. The van der Waals surface area contributed by atoms with Crippen LogP contribution >= 0.6 is 23.2 Å². The monoisotopic (exact) mass is 234 g/mol. The zero-order valence-electron chi connectivity index (χ0n) is 7.74. The van der Waals surface area contributed by atoms with Gasteiger partial charge in [0.15, 0.2) is 0 Å². The molecule has 2 atom stereocenters. The molecule has 1 aromatic rings. The Morgan fingerprint density at radius 2 is 2.00 bits per heavy atom. The second kappa shape index (κ2) is 4.99. The predicted octanol–water partition coefficient (Wildman–Crippen LogP) is 2.28. The van der Waals surface area contributed by atoms with Crippen molar-refractivity contribution in [2.75, 3.05) is 5.88 Å². The van der Waals surface area contributed by atoms with Gasteiger partial charge >= 0.3 is 0 Å². The van der Waals surface area contributed by atoms with Crippen LogP contribution in [0.4, 0.5) is 0 Å². The Morgan fingerprint density at radius 1 is 1.36 bits per heavy atom. The second-order valence-electron chi connectivity index (χ2n) is 3.14. The standard InChI is InChI=1S/C10H12Cl2O2/c1-6-3-2-4-7(9(6)12)10(14)8(13)5-11/h2-4,8,10,13-14H,5H2,1H3. The largest absolute Gasteiger partial charge is 0.389 e. The topological polar surface area (TPSA) is 40.5 Å². The smallest absolute Gasteiger partial charge is 0.107 e. The summed E-state index contributed by atoms with van der Waals surface area (Å²) in [7, 11) is 0. The maximum absolute atomic E-state index is 9.68.